The SMILES string of the molecule is Cc1nc(C)c(CNCc2ccsc2)s1. The molecule has 2 rings (SSSR count). The second-order valence-electron chi connectivity index (χ2n) is 3.48. The third-order valence-corrected chi connectivity index (χ3v) is 4.00. The molecule has 0 saturated heterocycles. The van der Waals surface area contributed by atoms with Crippen LogP contribution in [0, 0.1) is 13.8 Å². The molecule has 0 spiro atoms. The molecule has 0 amide bonds. The molecule has 0 aliphatic carbocycles. The van der Waals surface area contributed by atoms with E-state index in [2.05, 4.69) is 41.0 Å². The fourth-order valence-corrected chi connectivity index (χ4v) is 3.03. The topological polar surface area (TPSA) is 24.9 Å². The molecule has 1 N–H and O–H groups in total. The number of rotatable bonds is 4. The fraction of sp³-hybridized carbons (Fsp3) is 0.364. The molecule has 0 bridgehead atoms. The van der Waals surface area contributed by atoms with Crippen LogP contribution in [-0.4, -0.2) is 4.98 Å². The van der Waals surface area contributed by atoms with Crippen molar-refractivity contribution in [3.8, 4) is 0 Å². The summed E-state index contributed by atoms with van der Waals surface area (Å²) in [5, 5.41) is 8.88. The maximum Gasteiger partial charge on any atom is 0.0900 e. The maximum absolute atomic E-state index is 4.41. The standard InChI is InChI=1S/C11H14N2S2/c1-8-11(15-9(2)13-8)6-12-5-10-3-4-14-7-10/h3-4,7,12H,5-6H2,1-2H3. The van der Waals surface area contributed by atoms with E-state index >= 15 is 0 Å². The molecule has 0 aliphatic rings. The van der Waals surface area contributed by atoms with Gasteiger partial charge in [0, 0.05) is 18.0 Å². The molecule has 4 heteroatoms. The summed E-state index contributed by atoms with van der Waals surface area (Å²) < 4.78 is 0. The van der Waals surface area contributed by atoms with Crippen LogP contribution in [0.4, 0.5) is 0 Å². The van der Waals surface area contributed by atoms with E-state index in [4.69, 9.17) is 0 Å². The lowest BCUT2D eigenvalue weighted by molar-refractivity contribution is 0.698. The quantitative estimate of drug-likeness (QED) is 0.885. The lowest BCUT2D eigenvalue weighted by atomic mass is 10.3. The van der Waals surface area contributed by atoms with Crippen LogP contribution in [0.15, 0.2) is 16.8 Å². The molecule has 2 aromatic heterocycles. The summed E-state index contributed by atoms with van der Waals surface area (Å²) in [6, 6.07) is 2.16. The normalized spacial score (nSPS) is 10.8. The predicted molar refractivity (Wildman–Crippen MR) is 66.5 cm³/mol. The summed E-state index contributed by atoms with van der Waals surface area (Å²) in [5.41, 5.74) is 2.52. The number of nitrogens with zero attached hydrogens (tertiary/aromatic N) is 1. The molecule has 0 radical (unpaired) electrons. The van der Waals surface area contributed by atoms with Crippen molar-refractivity contribution in [3.63, 3.8) is 0 Å². The molecule has 0 aromatic carbocycles. The highest BCUT2D eigenvalue weighted by molar-refractivity contribution is 7.11. The van der Waals surface area contributed by atoms with E-state index in [1.54, 1.807) is 22.7 Å². The zero-order valence-electron chi connectivity index (χ0n) is 8.91. The second-order valence-corrected chi connectivity index (χ2v) is 5.54. The Labute approximate surface area is 98.0 Å². The molecule has 0 saturated carbocycles. The first-order valence-corrected chi connectivity index (χ1v) is 6.66. The molecule has 2 heterocycles. The van der Waals surface area contributed by atoms with Gasteiger partial charge in [-0.15, -0.1) is 11.3 Å². The lowest BCUT2D eigenvalue weighted by Crippen LogP contribution is -2.11. The largest absolute Gasteiger partial charge is 0.308 e. The highest BCUT2D eigenvalue weighted by Gasteiger charge is 2.03. The number of aromatic nitrogens is 1. The Hall–Kier alpha value is -0.710. The van der Waals surface area contributed by atoms with E-state index < -0.39 is 0 Å². The number of thiazole rings is 1. The molecular formula is C11H14N2S2. The molecule has 15 heavy (non-hydrogen) atoms. The summed E-state index contributed by atoms with van der Waals surface area (Å²) in [4.78, 5) is 5.76. The molecular weight excluding hydrogens is 224 g/mol. The lowest BCUT2D eigenvalue weighted by Gasteiger charge is -2.01. The average Bonchev–Trinajstić information content (AvgIpc) is 2.77. The van der Waals surface area contributed by atoms with E-state index in [9.17, 15) is 0 Å². The van der Waals surface area contributed by atoms with Crippen LogP contribution < -0.4 is 5.32 Å². The van der Waals surface area contributed by atoms with Gasteiger partial charge in [0.05, 0.1) is 10.7 Å². The fourth-order valence-electron chi connectivity index (χ4n) is 1.45. The minimum atomic E-state index is 0.924. The Morgan fingerprint density at radius 1 is 1.33 bits per heavy atom. The number of thiophene rings is 1. The Morgan fingerprint density at radius 2 is 2.20 bits per heavy atom. The van der Waals surface area contributed by atoms with Crippen molar-refractivity contribution in [2.75, 3.05) is 0 Å². The van der Waals surface area contributed by atoms with E-state index in [0.29, 0.717) is 0 Å². The van der Waals surface area contributed by atoms with Crippen LogP contribution in [-0.2, 0) is 13.1 Å². The molecule has 0 atom stereocenters. The summed E-state index contributed by atoms with van der Waals surface area (Å²) in [6.45, 7) is 6.00. The summed E-state index contributed by atoms with van der Waals surface area (Å²) >= 11 is 3.52. The van der Waals surface area contributed by atoms with E-state index in [1.165, 1.54) is 10.4 Å². The van der Waals surface area contributed by atoms with Crippen LogP contribution in [0.5, 0.6) is 0 Å². The van der Waals surface area contributed by atoms with Crippen LogP contribution in [0.3, 0.4) is 0 Å². The van der Waals surface area contributed by atoms with Crippen molar-refractivity contribution < 1.29 is 0 Å². The number of aryl methyl sites for hydroxylation is 2. The van der Waals surface area contributed by atoms with Crippen molar-refractivity contribution in [2.24, 2.45) is 0 Å². The first-order chi connectivity index (χ1) is 7.25. The van der Waals surface area contributed by atoms with Crippen LogP contribution in [0.1, 0.15) is 21.1 Å². The third kappa shape index (κ3) is 2.87. The molecule has 0 fully saturated rings. The van der Waals surface area contributed by atoms with Gasteiger partial charge in [-0.25, -0.2) is 4.98 Å². The van der Waals surface area contributed by atoms with Gasteiger partial charge in [0.2, 0.25) is 0 Å². The van der Waals surface area contributed by atoms with E-state index in [-0.39, 0.29) is 0 Å². The number of hydrogen-bond acceptors (Lipinski definition) is 4. The molecule has 80 valence electrons. The van der Waals surface area contributed by atoms with Crippen LogP contribution in [0.25, 0.3) is 0 Å². The zero-order valence-corrected chi connectivity index (χ0v) is 10.5. The Kier molecular flexibility index (Phi) is 3.51. The van der Waals surface area contributed by atoms with Gasteiger partial charge < -0.3 is 5.32 Å². The van der Waals surface area contributed by atoms with Crippen LogP contribution in [0.2, 0.25) is 0 Å². The van der Waals surface area contributed by atoms with Gasteiger partial charge in [-0.2, -0.15) is 11.3 Å². The highest BCUT2D eigenvalue weighted by Crippen LogP contribution is 2.16. The third-order valence-electron chi connectivity index (χ3n) is 2.19. The first kappa shape index (κ1) is 10.8. The minimum absolute atomic E-state index is 0.924. The Morgan fingerprint density at radius 3 is 2.80 bits per heavy atom. The van der Waals surface area contributed by atoms with Gasteiger partial charge in [0.15, 0.2) is 0 Å². The Balaban J connectivity index is 1.86. The summed E-state index contributed by atoms with van der Waals surface area (Å²) in [7, 11) is 0. The van der Waals surface area contributed by atoms with Crippen molar-refractivity contribution in [3.05, 3.63) is 38.0 Å². The summed E-state index contributed by atoms with van der Waals surface area (Å²) in [6.07, 6.45) is 0. The van der Waals surface area contributed by atoms with Gasteiger partial charge in [-0.05, 0) is 36.2 Å². The monoisotopic (exact) mass is 238 g/mol. The van der Waals surface area contributed by atoms with E-state index in [0.717, 1.165) is 23.8 Å². The average molecular weight is 238 g/mol. The number of hydrogen-bond donors (Lipinski definition) is 1. The Bertz CT molecular complexity index is 418. The van der Waals surface area contributed by atoms with Gasteiger partial charge in [0.25, 0.3) is 0 Å². The first-order valence-electron chi connectivity index (χ1n) is 4.90. The minimum Gasteiger partial charge on any atom is -0.308 e. The van der Waals surface area contributed by atoms with Gasteiger partial charge in [-0.3, -0.25) is 0 Å². The zero-order chi connectivity index (χ0) is 10.7. The van der Waals surface area contributed by atoms with Crippen molar-refractivity contribution in [2.45, 2.75) is 26.9 Å². The predicted octanol–water partition coefficient (Wildman–Crippen LogP) is 3.11. The molecule has 0 aliphatic heterocycles. The van der Waals surface area contributed by atoms with Crippen LogP contribution >= 0.6 is 22.7 Å². The molecule has 0 unspecified atom stereocenters. The second kappa shape index (κ2) is 4.88. The molecule has 2 nitrogen and oxygen atoms in total. The van der Waals surface area contributed by atoms with Crippen molar-refractivity contribution in [1.29, 1.82) is 0 Å². The van der Waals surface area contributed by atoms with Crippen molar-refractivity contribution >= 4 is 22.7 Å². The van der Waals surface area contributed by atoms with Gasteiger partial charge in [0.1, 0.15) is 0 Å². The van der Waals surface area contributed by atoms with E-state index in [1.807, 2.05) is 0 Å². The van der Waals surface area contributed by atoms with Crippen molar-refractivity contribution in [1.82, 2.24) is 10.3 Å². The highest BCUT2D eigenvalue weighted by atomic mass is 32.1. The van der Waals surface area contributed by atoms with Gasteiger partial charge >= 0.3 is 0 Å². The summed E-state index contributed by atoms with van der Waals surface area (Å²) in [5.74, 6) is 0. The molecule has 2 aromatic rings. The number of nitrogens with one attached hydrogen (secondary N) is 1. The smallest absolute Gasteiger partial charge is 0.0900 e. The maximum atomic E-state index is 4.41. The van der Waals surface area contributed by atoms with Gasteiger partial charge in [-0.1, -0.05) is 0 Å².